The van der Waals surface area contributed by atoms with Gasteiger partial charge in [-0.3, -0.25) is 9.59 Å². The highest BCUT2D eigenvalue weighted by atomic mass is 16.2. The maximum absolute atomic E-state index is 12.2. The number of hydrogen-bond acceptors (Lipinski definition) is 3. The topological polar surface area (TPSA) is 67.2 Å². The summed E-state index contributed by atoms with van der Waals surface area (Å²) in [6, 6.07) is 0.130. The fourth-order valence-corrected chi connectivity index (χ4v) is 2.36. The Bertz CT molecular complexity index is 430. The van der Waals surface area contributed by atoms with E-state index in [0.717, 1.165) is 12.8 Å². The number of carbonyl (C=O) groups is 2. The van der Waals surface area contributed by atoms with E-state index in [2.05, 4.69) is 17.2 Å². The van der Waals surface area contributed by atoms with Crippen molar-refractivity contribution in [3.8, 4) is 0 Å². The van der Waals surface area contributed by atoms with Gasteiger partial charge in [-0.15, -0.1) is 0 Å². The largest absolute Gasteiger partial charge is 0.353 e. The maximum Gasteiger partial charge on any atom is 0.239 e. The van der Waals surface area contributed by atoms with E-state index in [-0.39, 0.29) is 24.4 Å². The molecule has 1 unspecified atom stereocenters. The van der Waals surface area contributed by atoms with Crippen molar-refractivity contribution >= 4 is 11.8 Å². The van der Waals surface area contributed by atoms with Crippen LogP contribution in [-0.4, -0.2) is 45.9 Å². The van der Waals surface area contributed by atoms with Crippen molar-refractivity contribution in [2.75, 3.05) is 19.6 Å². The highest BCUT2D eigenvalue weighted by molar-refractivity contribution is 5.86. The summed E-state index contributed by atoms with van der Waals surface area (Å²) in [6.07, 6.45) is 7.73. The van der Waals surface area contributed by atoms with Crippen molar-refractivity contribution in [3.63, 3.8) is 0 Å². The molecule has 1 atom stereocenters. The molecule has 1 fully saturated rings. The maximum atomic E-state index is 12.2. The number of carbonyl (C=O) groups excluding carboxylic acids is 2. The zero-order valence-corrected chi connectivity index (χ0v) is 11.2. The number of aromatic nitrogens is 2. The number of hydrogen-bond donors (Lipinski definition) is 1. The summed E-state index contributed by atoms with van der Waals surface area (Å²) < 4.78 is 1.98. The van der Waals surface area contributed by atoms with Gasteiger partial charge in [-0.1, -0.05) is 13.3 Å². The van der Waals surface area contributed by atoms with Gasteiger partial charge in [-0.05, 0) is 6.42 Å². The molecule has 1 aromatic heterocycles. The quantitative estimate of drug-likeness (QED) is 0.845. The second kappa shape index (κ2) is 6.36. The summed E-state index contributed by atoms with van der Waals surface area (Å²) in [5.41, 5.74) is 0. The lowest BCUT2D eigenvalue weighted by Gasteiger charge is -2.28. The zero-order chi connectivity index (χ0) is 13.7. The van der Waals surface area contributed by atoms with Gasteiger partial charge < -0.3 is 14.8 Å². The van der Waals surface area contributed by atoms with Crippen LogP contribution in [0.3, 0.4) is 0 Å². The standard InChI is InChI=1S/C13H20N4O2/c1-2-3-11(17-6-4-14-10-17)8-13(19)16-7-5-15-12(18)9-16/h4,6,10-11H,2-3,5,7-9H2,1H3,(H,15,18). The third-order valence-electron chi connectivity index (χ3n) is 3.37. The molecular weight excluding hydrogens is 244 g/mol. The summed E-state index contributed by atoms with van der Waals surface area (Å²) in [4.78, 5) is 29.2. The molecule has 2 amide bonds. The van der Waals surface area contributed by atoms with Crippen LogP contribution in [0.1, 0.15) is 32.2 Å². The third-order valence-corrected chi connectivity index (χ3v) is 3.37. The Balaban J connectivity index is 1.96. The molecule has 2 heterocycles. The highest BCUT2D eigenvalue weighted by Crippen LogP contribution is 2.19. The molecule has 2 rings (SSSR count). The average Bonchev–Trinajstić information content (AvgIpc) is 2.92. The first-order valence-corrected chi connectivity index (χ1v) is 6.72. The number of nitrogens with zero attached hydrogens (tertiary/aromatic N) is 3. The Hall–Kier alpha value is -1.85. The Morgan fingerprint density at radius 1 is 1.58 bits per heavy atom. The first-order chi connectivity index (χ1) is 9.20. The molecule has 0 bridgehead atoms. The van der Waals surface area contributed by atoms with E-state index in [0.29, 0.717) is 19.5 Å². The van der Waals surface area contributed by atoms with Gasteiger partial charge in [0.25, 0.3) is 0 Å². The van der Waals surface area contributed by atoms with E-state index in [1.165, 1.54) is 0 Å². The molecule has 0 spiro atoms. The normalized spacial score (nSPS) is 17.1. The number of rotatable bonds is 5. The Morgan fingerprint density at radius 3 is 3.05 bits per heavy atom. The molecule has 0 saturated carbocycles. The minimum atomic E-state index is -0.0747. The summed E-state index contributed by atoms with van der Waals surface area (Å²) >= 11 is 0. The fraction of sp³-hybridized carbons (Fsp3) is 0.615. The van der Waals surface area contributed by atoms with E-state index < -0.39 is 0 Å². The Kier molecular flexibility index (Phi) is 4.54. The van der Waals surface area contributed by atoms with E-state index >= 15 is 0 Å². The Morgan fingerprint density at radius 2 is 2.42 bits per heavy atom. The van der Waals surface area contributed by atoms with Gasteiger partial charge in [0, 0.05) is 37.9 Å². The van der Waals surface area contributed by atoms with E-state index in [9.17, 15) is 9.59 Å². The van der Waals surface area contributed by atoms with Crippen LogP contribution < -0.4 is 5.32 Å². The van der Waals surface area contributed by atoms with Crippen LogP contribution in [0.5, 0.6) is 0 Å². The summed E-state index contributed by atoms with van der Waals surface area (Å²) in [5, 5.41) is 2.72. The second-order valence-corrected chi connectivity index (χ2v) is 4.82. The number of piperazine rings is 1. The SMILES string of the molecule is CCCC(CC(=O)N1CCNC(=O)C1)n1ccnc1. The Labute approximate surface area is 112 Å². The van der Waals surface area contributed by atoms with Gasteiger partial charge in [-0.2, -0.15) is 0 Å². The van der Waals surface area contributed by atoms with Crippen molar-refractivity contribution in [1.29, 1.82) is 0 Å². The molecule has 0 aliphatic carbocycles. The average molecular weight is 264 g/mol. The van der Waals surface area contributed by atoms with Crippen molar-refractivity contribution < 1.29 is 9.59 Å². The van der Waals surface area contributed by atoms with Crippen LogP contribution in [0.4, 0.5) is 0 Å². The van der Waals surface area contributed by atoms with Crippen LogP contribution >= 0.6 is 0 Å². The molecule has 1 aliphatic rings. The van der Waals surface area contributed by atoms with E-state index in [1.807, 2.05) is 10.8 Å². The molecule has 0 aromatic carbocycles. The highest BCUT2D eigenvalue weighted by Gasteiger charge is 2.24. The van der Waals surface area contributed by atoms with Gasteiger partial charge in [0.15, 0.2) is 0 Å². The second-order valence-electron chi connectivity index (χ2n) is 4.82. The van der Waals surface area contributed by atoms with Crippen molar-refractivity contribution in [1.82, 2.24) is 19.8 Å². The van der Waals surface area contributed by atoms with E-state index in [1.54, 1.807) is 17.4 Å². The molecule has 1 aromatic rings. The van der Waals surface area contributed by atoms with Gasteiger partial charge in [0.05, 0.1) is 12.9 Å². The third kappa shape index (κ3) is 3.56. The van der Waals surface area contributed by atoms with E-state index in [4.69, 9.17) is 0 Å². The zero-order valence-electron chi connectivity index (χ0n) is 11.2. The molecule has 1 N–H and O–H groups in total. The van der Waals surface area contributed by atoms with Crippen LogP contribution in [0.25, 0.3) is 0 Å². The molecule has 6 nitrogen and oxygen atoms in total. The van der Waals surface area contributed by atoms with Gasteiger partial charge in [-0.25, -0.2) is 4.98 Å². The van der Waals surface area contributed by atoms with Gasteiger partial charge in [0.2, 0.25) is 11.8 Å². The van der Waals surface area contributed by atoms with Crippen LogP contribution in [0.2, 0.25) is 0 Å². The molecule has 1 saturated heterocycles. The molecule has 6 heteroatoms. The molecule has 0 radical (unpaired) electrons. The molecule has 1 aliphatic heterocycles. The van der Waals surface area contributed by atoms with Crippen LogP contribution in [0.15, 0.2) is 18.7 Å². The molecular formula is C13H20N4O2. The molecule has 19 heavy (non-hydrogen) atoms. The lowest BCUT2D eigenvalue weighted by atomic mass is 10.1. The van der Waals surface area contributed by atoms with Crippen LogP contribution in [0, 0.1) is 0 Å². The number of amides is 2. The first kappa shape index (κ1) is 13.6. The van der Waals surface area contributed by atoms with Gasteiger partial charge in [0.1, 0.15) is 0 Å². The summed E-state index contributed by atoms with van der Waals surface area (Å²) in [5.74, 6) is -0.0312. The monoisotopic (exact) mass is 264 g/mol. The summed E-state index contributed by atoms with van der Waals surface area (Å²) in [6.45, 7) is 3.44. The van der Waals surface area contributed by atoms with Crippen LogP contribution in [-0.2, 0) is 9.59 Å². The molecule has 104 valence electrons. The fourth-order valence-electron chi connectivity index (χ4n) is 2.36. The van der Waals surface area contributed by atoms with Crippen molar-refractivity contribution in [3.05, 3.63) is 18.7 Å². The number of nitrogens with one attached hydrogen (secondary N) is 1. The minimum Gasteiger partial charge on any atom is -0.353 e. The summed E-state index contributed by atoms with van der Waals surface area (Å²) in [7, 11) is 0. The minimum absolute atomic E-state index is 0.0435. The van der Waals surface area contributed by atoms with Gasteiger partial charge >= 0.3 is 0 Å². The first-order valence-electron chi connectivity index (χ1n) is 6.72. The predicted octanol–water partition coefficient (Wildman–Crippen LogP) is 0.573. The number of imidazole rings is 1. The van der Waals surface area contributed by atoms with Crippen molar-refractivity contribution in [2.24, 2.45) is 0 Å². The predicted molar refractivity (Wildman–Crippen MR) is 70.4 cm³/mol. The lowest BCUT2D eigenvalue weighted by molar-refractivity contribution is -0.138. The lowest BCUT2D eigenvalue weighted by Crippen LogP contribution is -2.50. The smallest absolute Gasteiger partial charge is 0.239 e. The van der Waals surface area contributed by atoms with Crippen molar-refractivity contribution in [2.45, 2.75) is 32.2 Å².